The highest BCUT2D eigenvalue weighted by atomic mass is 79.9. The summed E-state index contributed by atoms with van der Waals surface area (Å²) >= 11 is 15.5. The zero-order chi connectivity index (χ0) is 13.3. The second-order valence-corrected chi connectivity index (χ2v) is 5.90. The van der Waals surface area contributed by atoms with E-state index in [0.29, 0.717) is 10.0 Å². The van der Waals surface area contributed by atoms with Crippen LogP contribution in [-0.4, -0.2) is 0 Å². The first-order valence-corrected chi connectivity index (χ1v) is 7.00. The van der Waals surface area contributed by atoms with E-state index < -0.39 is 0 Å². The number of aryl methyl sites for hydroxylation is 1. The maximum absolute atomic E-state index is 6.28. The van der Waals surface area contributed by atoms with Crippen LogP contribution in [0.3, 0.4) is 0 Å². The third-order valence-electron chi connectivity index (χ3n) is 2.86. The number of hydrogen-bond acceptors (Lipinski definition) is 1. The van der Waals surface area contributed by atoms with Crippen LogP contribution in [0, 0.1) is 6.92 Å². The molecule has 4 heteroatoms. The Morgan fingerprint density at radius 3 is 2.33 bits per heavy atom. The Bertz CT molecular complexity index is 533. The minimum absolute atomic E-state index is 0.247. The Hall–Kier alpha value is -0.540. The SMILES string of the molecule is Cc1cc(Br)ccc1C(N)c1ccc(Cl)cc1Cl. The van der Waals surface area contributed by atoms with Gasteiger partial charge in [0.25, 0.3) is 0 Å². The molecule has 0 heterocycles. The van der Waals surface area contributed by atoms with E-state index in [1.807, 2.05) is 31.2 Å². The van der Waals surface area contributed by atoms with Crippen LogP contribution in [0.5, 0.6) is 0 Å². The Morgan fingerprint density at radius 2 is 1.72 bits per heavy atom. The van der Waals surface area contributed by atoms with Gasteiger partial charge in [0, 0.05) is 14.5 Å². The molecule has 0 fully saturated rings. The molecule has 2 N–H and O–H groups in total. The van der Waals surface area contributed by atoms with E-state index in [1.54, 1.807) is 12.1 Å². The molecule has 1 nitrogen and oxygen atoms in total. The fraction of sp³-hybridized carbons (Fsp3) is 0.143. The first-order chi connectivity index (χ1) is 8.49. The van der Waals surface area contributed by atoms with Crippen molar-refractivity contribution in [1.82, 2.24) is 0 Å². The number of benzene rings is 2. The van der Waals surface area contributed by atoms with Crippen molar-refractivity contribution in [1.29, 1.82) is 0 Å². The van der Waals surface area contributed by atoms with Gasteiger partial charge in [-0.25, -0.2) is 0 Å². The number of hydrogen-bond donors (Lipinski definition) is 1. The first-order valence-electron chi connectivity index (χ1n) is 5.45. The molecule has 0 aliphatic rings. The van der Waals surface area contributed by atoms with E-state index in [-0.39, 0.29) is 6.04 Å². The van der Waals surface area contributed by atoms with Crippen molar-refractivity contribution in [2.24, 2.45) is 5.73 Å². The summed E-state index contributed by atoms with van der Waals surface area (Å²) < 4.78 is 1.04. The average Bonchev–Trinajstić information content (AvgIpc) is 2.28. The molecule has 2 aromatic carbocycles. The van der Waals surface area contributed by atoms with Crippen LogP contribution < -0.4 is 5.73 Å². The lowest BCUT2D eigenvalue weighted by Crippen LogP contribution is -2.13. The third kappa shape index (κ3) is 2.89. The van der Waals surface area contributed by atoms with Gasteiger partial charge in [-0.15, -0.1) is 0 Å². The molecule has 94 valence electrons. The van der Waals surface area contributed by atoms with Gasteiger partial charge in [0.2, 0.25) is 0 Å². The molecule has 2 aromatic rings. The van der Waals surface area contributed by atoms with Gasteiger partial charge < -0.3 is 5.73 Å². The predicted molar refractivity (Wildman–Crippen MR) is 81.4 cm³/mol. The smallest absolute Gasteiger partial charge is 0.0569 e. The zero-order valence-electron chi connectivity index (χ0n) is 9.75. The Kier molecular flexibility index (Phi) is 4.33. The minimum atomic E-state index is -0.247. The van der Waals surface area contributed by atoms with Crippen LogP contribution >= 0.6 is 39.1 Å². The van der Waals surface area contributed by atoms with Crippen molar-refractivity contribution >= 4 is 39.1 Å². The standard InChI is InChI=1S/C14H12BrCl2N/c1-8-6-9(15)2-4-11(8)14(18)12-5-3-10(16)7-13(12)17/h2-7,14H,18H2,1H3. The van der Waals surface area contributed by atoms with E-state index in [1.165, 1.54) is 0 Å². The lowest BCUT2D eigenvalue weighted by atomic mass is 9.96. The van der Waals surface area contributed by atoms with Gasteiger partial charge in [-0.2, -0.15) is 0 Å². The van der Waals surface area contributed by atoms with Crippen LogP contribution in [-0.2, 0) is 0 Å². The average molecular weight is 345 g/mol. The summed E-state index contributed by atoms with van der Waals surface area (Å²) in [5.41, 5.74) is 9.34. The van der Waals surface area contributed by atoms with Crippen molar-refractivity contribution in [3.63, 3.8) is 0 Å². The largest absolute Gasteiger partial charge is 0.320 e. The summed E-state index contributed by atoms with van der Waals surface area (Å²) in [6.45, 7) is 2.03. The van der Waals surface area contributed by atoms with E-state index in [4.69, 9.17) is 28.9 Å². The molecule has 0 bridgehead atoms. The van der Waals surface area contributed by atoms with Crippen molar-refractivity contribution in [3.8, 4) is 0 Å². The van der Waals surface area contributed by atoms with Gasteiger partial charge in [-0.3, -0.25) is 0 Å². The van der Waals surface area contributed by atoms with E-state index >= 15 is 0 Å². The van der Waals surface area contributed by atoms with Gasteiger partial charge in [0.1, 0.15) is 0 Å². The molecule has 0 radical (unpaired) electrons. The van der Waals surface area contributed by atoms with Crippen LogP contribution in [0.15, 0.2) is 40.9 Å². The van der Waals surface area contributed by atoms with Crippen molar-refractivity contribution in [2.45, 2.75) is 13.0 Å². The molecule has 0 spiro atoms. The predicted octanol–water partition coefficient (Wildman–Crippen LogP) is 5.11. The summed E-state index contributed by atoms with van der Waals surface area (Å²) in [4.78, 5) is 0. The molecule has 1 unspecified atom stereocenters. The van der Waals surface area contributed by atoms with Crippen molar-refractivity contribution < 1.29 is 0 Å². The number of halogens is 3. The van der Waals surface area contributed by atoms with Crippen LogP contribution in [0.4, 0.5) is 0 Å². The highest BCUT2D eigenvalue weighted by molar-refractivity contribution is 9.10. The molecular formula is C14H12BrCl2N. The second kappa shape index (κ2) is 5.62. The topological polar surface area (TPSA) is 26.0 Å². The van der Waals surface area contributed by atoms with Crippen LogP contribution in [0.25, 0.3) is 0 Å². The van der Waals surface area contributed by atoms with E-state index in [2.05, 4.69) is 15.9 Å². The second-order valence-electron chi connectivity index (χ2n) is 4.14. The molecule has 1 atom stereocenters. The van der Waals surface area contributed by atoms with Gasteiger partial charge in [0.15, 0.2) is 0 Å². The van der Waals surface area contributed by atoms with E-state index in [0.717, 1.165) is 21.2 Å². The zero-order valence-corrected chi connectivity index (χ0v) is 12.9. The Morgan fingerprint density at radius 1 is 1.06 bits per heavy atom. The Balaban J connectivity index is 2.44. The third-order valence-corrected chi connectivity index (χ3v) is 3.92. The molecule has 0 saturated carbocycles. The van der Waals surface area contributed by atoms with Gasteiger partial charge in [0.05, 0.1) is 6.04 Å². The number of rotatable bonds is 2. The lowest BCUT2D eigenvalue weighted by molar-refractivity contribution is 0.861. The lowest BCUT2D eigenvalue weighted by Gasteiger charge is -2.17. The van der Waals surface area contributed by atoms with Crippen molar-refractivity contribution in [3.05, 3.63) is 67.6 Å². The fourth-order valence-corrected chi connectivity index (χ4v) is 2.91. The maximum atomic E-state index is 6.28. The van der Waals surface area contributed by atoms with Crippen molar-refractivity contribution in [2.75, 3.05) is 0 Å². The fourth-order valence-electron chi connectivity index (χ4n) is 1.91. The normalized spacial score (nSPS) is 12.5. The quantitative estimate of drug-likeness (QED) is 0.804. The molecule has 0 aromatic heterocycles. The molecule has 2 rings (SSSR count). The summed E-state index contributed by atoms with van der Waals surface area (Å²) in [5.74, 6) is 0. The molecular weight excluding hydrogens is 333 g/mol. The highest BCUT2D eigenvalue weighted by Gasteiger charge is 2.14. The molecule has 18 heavy (non-hydrogen) atoms. The molecule has 0 aliphatic heterocycles. The molecule has 0 amide bonds. The van der Waals surface area contributed by atoms with Crippen LogP contribution in [0.1, 0.15) is 22.7 Å². The maximum Gasteiger partial charge on any atom is 0.0569 e. The highest BCUT2D eigenvalue weighted by Crippen LogP contribution is 2.31. The monoisotopic (exact) mass is 343 g/mol. The summed E-state index contributed by atoms with van der Waals surface area (Å²) in [7, 11) is 0. The van der Waals surface area contributed by atoms with Gasteiger partial charge >= 0.3 is 0 Å². The number of nitrogens with two attached hydrogens (primary N) is 1. The Labute approximate surface area is 125 Å². The minimum Gasteiger partial charge on any atom is -0.320 e. The van der Waals surface area contributed by atoms with Gasteiger partial charge in [-0.05, 0) is 47.9 Å². The first kappa shape index (κ1) is 13.9. The molecule has 0 saturated heterocycles. The van der Waals surface area contributed by atoms with Gasteiger partial charge in [-0.1, -0.05) is 51.3 Å². The molecule has 0 aliphatic carbocycles. The van der Waals surface area contributed by atoms with Crippen LogP contribution in [0.2, 0.25) is 10.0 Å². The summed E-state index contributed by atoms with van der Waals surface area (Å²) in [5, 5.41) is 1.21. The van der Waals surface area contributed by atoms with E-state index in [9.17, 15) is 0 Å². The summed E-state index contributed by atoms with van der Waals surface area (Å²) in [6, 6.07) is 11.2. The summed E-state index contributed by atoms with van der Waals surface area (Å²) in [6.07, 6.45) is 0.